The smallest absolute Gasteiger partial charge is 0.282 e. The van der Waals surface area contributed by atoms with E-state index < -0.39 is 10.1 Å². The molecule has 0 aliphatic rings. The number of nitrogens with zero attached hydrogens (tertiary/aromatic N) is 2. The first-order valence-electron chi connectivity index (χ1n) is 3.59. The molecule has 0 aliphatic heterocycles. The Balaban J connectivity index is 2.76. The molecule has 7 heteroatoms. The van der Waals surface area contributed by atoms with Gasteiger partial charge in [-0.2, -0.15) is 8.42 Å². The van der Waals surface area contributed by atoms with Gasteiger partial charge in [-0.15, -0.1) is 0 Å². The molecule has 0 bridgehead atoms. The lowest BCUT2D eigenvalue weighted by molar-refractivity contribution is 0.483. The van der Waals surface area contributed by atoms with Crippen LogP contribution in [0.3, 0.4) is 0 Å². The van der Waals surface area contributed by atoms with Gasteiger partial charge >= 0.3 is 0 Å². The molecular weight excluding hydrogens is 228 g/mol. The van der Waals surface area contributed by atoms with Crippen molar-refractivity contribution >= 4 is 32.9 Å². The van der Waals surface area contributed by atoms with Gasteiger partial charge in [0.1, 0.15) is 6.33 Å². The molecule has 14 heavy (non-hydrogen) atoms. The van der Waals surface area contributed by atoms with E-state index in [1.165, 1.54) is 28.6 Å². The van der Waals surface area contributed by atoms with Gasteiger partial charge < -0.3 is 0 Å². The number of rotatable bonds is 1. The fourth-order valence-corrected chi connectivity index (χ4v) is 1.81. The second-order valence-electron chi connectivity index (χ2n) is 2.68. The van der Waals surface area contributed by atoms with Crippen LogP contribution in [0, 0.1) is 0 Å². The molecule has 0 aliphatic carbocycles. The van der Waals surface area contributed by atoms with Crippen molar-refractivity contribution in [1.29, 1.82) is 0 Å². The minimum atomic E-state index is -4.18. The van der Waals surface area contributed by atoms with Crippen LogP contribution in [0.15, 0.2) is 29.4 Å². The summed E-state index contributed by atoms with van der Waals surface area (Å²) in [5, 5.41) is 0. The molecule has 1 aromatic heterocycles. The zero-order chi connectivity index (χ0) is 10.3. The summed E-state index contributed by atoms with van der Waals surface area (Å²) in [6.45, 7) is 0. The van der Waals surface area contributed by atoms with Crippen molar-refractivity contribution in [2.75, 3.05) is 0 Å². The van der Waals surface area contributed by atoms with Gasteiger partial charge in [0.25, 0.3) is 10.1 Å². The predicted molar refractivity (Wildman–Crippen MR) is 50.8 cm³/mol. The van der Waals surface area contributed by atoms with Crippen LogP contribution in [0.25, 0.3) is 11.0 Å². The summed E-state index contributed by atoms with van der Waals surface area (Å²) in [5.74, 6) is 0. The summed E-state index contributed by atoms with van der Waals surface area (Å²) in [5.41, 5.74) is 0.995. The molecule has 0 amide bonds. The number of hydrogen-bond donors (Lipinski definition) is 1. The van der Waals surface area contributed by atoms with E-state index in [2.05, 4.69) is 4.98 Å². The largest absolute Gasteiger partial charge is 0.294 e. The van der Waals surface area contributed by atoms with E-state index in [1.807, 2.05) is 0 Å². The molecule has 0 radical (unpaired) electrons. The van der Waals surface area contributed by atoms with Gasteiger partial charge in [0.15, 0.2) is 0 Å². The first kappa shape index (κ1) is 9.45. The molecule has 1 heterocycles. The lowest BCUT2D eigenvalue weighted by atomic mass is 10.3. The van der Waals surface area contributed by atoms with Gasteiger partial charge in [0, 0.05) is 11.8 Å². The zero-order valence-electron chi connectivity index (χ0n) is 6.75. The van der Waals surface area contributed by atoms with Gasteiger partial charge in [0.05, 0.1) is 15.9 Å². The van der Waals surface area contributed by atoms with Crippen LogP contribution >= 0.6 is 11.8 Å². The van der Waals surface area contributed by atoms with Gasteiger partial charge in [-0.25, -0.2) is 9.07 Å². The van der Waals surface area contributed by atoms with E-state index in [-0.39, 0.29) is 4.90 Å². The van der Waals surface area contributed by atoms with Crippen LogP contribution in [-0.2, 0) is 10.1 Å². The number of imidazole rings is 1. The average molecular weight is 233 g/mol. The van der Waals surface area contributed by atoms with Gasteiger partial charge in [-0.3, -0.25) is 4.55 Å². The summed E-state index contributed by atoms with van der Waals surface area (Å²) >= 11 is 5.68. The number of fused-ring (bicyclic) bond motifs is 1. The molecule has 0 saturated heterocycles. The molecule has 0 unspecified atom stereocenters. The third kappa shape index (κ3) is 1.47. The van der Waals surface area contributed by atoms with Gasteiger partial charge in [0.2, 0.25) is 0 Å². The molecule has 74 valence electrons. The molecule has 0 spiro atoms. The maximum Gasteiger partial charge on any atom is 0.294 e. The number of aromatic nitrogens is 2. The second kappa shape index (κ2) is 2.94. The van der Waals surface area contributed by atoms with Crippen molar-refractivity contribution in [3.8, 4) is 0 Å². The Hall–Kier alpha value is -1.11. The first-order valence-corrected chi connectivity index (χ1v) is 5.37. The highest BCUT2D eigenvalue weighted by molar-refractivity contribution is 7.85. The summed E-state index contributed by atoms with van der Waals surface area (Å²) < 4.78 is 31.5. The number of benzene rings is 1. The monoisotopic (exact) mass is 232 g/mol. The third-order valence-electron chi connectivity index (χ3n) is 1.77. The highest BCUT2D eigenvalue weighted by atomic mass is 35.5. The van der Waals surface area contributed by atoms with Crippen molar-refractivity contribution in [3.63, 3.8) is 0 Å². The molecule has 1 N–H and O–H groups in total. The molecule has 0 fully saturated rings. The Morgan fingerprint density at radius 3 is 2.79 bits per heavy atom. The molecule has 2 aromatic rings. The van der Waals surface area contributed by atoms with E-state index in [9.17, 15) is 8.42 Å². The summed E-state index contributed by atoms with van der Waals surface area (Å²) in [6.07, 6.45) is 1.35. The fourth-order valence-electron chi connectivity index (χ4n) is 1.12. The molecule has 1 aromatic carbocycles. The minimum Gasteiger partial charge on any atom is -0.282 e. The highest BCUT2D eigenvalue weighted by Gasteiger charge is 2.11. The van der Waals surface area contributed by atoms with Crippen molar-refractivity contribution in [1.82, 2.24) is 9.07 Å². The lowest BCUT2D eigenvalue weighted by Crippen LogP contribution is -1.97. The van der Waals surface area contributed by atoms with Gasteiger partial charge in [-0.05, 0) is 18.2 Å². The Labute approximate surface area is 84.8 Å². The average Bonchev–Trinajstić information content (AvgIpc) is 2.46. The van der Waals surface area contributed by atoms with Crippen LogP contribution in [0.2, 0.25) is 0 Å². The molecule has 5 nitrogen and oxygen atoms in total. The Morgan fingerprint density at radius 1 is 1.43 bits per heavy atom. The molecule has 2 rings (SSSR count). The first-order chi connectivity index (χ1) is 6.48. The predicted octanol–water partition coefficient (Wildman–Crippen LogP) is 1.28. The quantitative estimate of drug-likeness (QED) is 0.752. The van der Waals surface area contributed by atoms with Crippen LogP contribution in [0.4, 0.5) is 0 Å². The van der Waals surface area contributed by atoms with E-state index in [4.69, 9.17) is 16.3 Å². The van der Waals surface area contributed by atoms with Crippen LogP contribution < -0.4 is 0 Å². The zero-order valence-corrected chi connectivity index (χ0v) is 8.33. The fraction of sp³-hybridized carbons (Fsp3) is 0. The van der Waals surface area contributed by atoms with E-state index >= 15 is 0 Å². The molecule has 0 saturated carbocycles. The summed E-state index contributed by atoms with van der Waals surface area (Å²) in [6, 6.07) is 3.99. The number of halogens is 1. The Kier molecular flexibility index (Phi) is 1.99. The van der Waals surface area contributed by atoms with E-state index in [0.717, 1.165) is 0 Å². The molecular formula is C7H5ClN2O3S. The van der Waals surface area contributed by atoms with E-state index in [1.54, 1.807) is 0 Å². The van der Waals surface area contributed by atoms with Crippen molar-refractivity contribution < 1.29 is 13.0 Å². The lowest BCUT2D eigenvalue weighted by Gasteiger charge is -1.96. The Morgan fingerprint density at radius 2 is 2.14 bits per heavy atom. The van der Waals surface area contributed by atoms with Crippen molar-refractivity contribution in [2.45, 2.75) is 4.90 Å². The van der Waals surface area contributed by atoms with Gasteiger partial charge in [-0.1, -0.05) is 0 Å². The van der Waals surface area contributed by atoms with E-state index in [0.29, 0.717) is 11.0 Å². The summed E-state index contributed by atoms with van der Waals surface area (Å²) in [4.78, 5) is 3.65. The number of hydrogen-bond acceptors (Lipinski definition) is 3. The second-order valence-corrected chi connectivity index (χ2v) is 4.47. The van der Waals surface area contributed by atoms with Crippen LogP contribution in [-0.4, -0.2) is 22.0 Å². The molecule has 0 atom stereocenters. The standard InChI is InChI=1S/C7H5ClN2O3S/c8-10-4-9-6-3-5(14(11,12)13)1-2-7(6)10/h1-4H,(H,11,12,13). The topological polar surface area (TPSA) is 72.2 Å². The van der Waals surface area contributed by atoms with Crippen LogP contribution in [0.5, 0.6) is 0 Å². The Bertz CT molecular complexity index is 590. The van der Waals surface area contributed by atoms with Crippen molar-refractivity contribution in [3.05, 3.63) is 24.5 Å². The van der Waals surface area contributed by atoms with Crippen molar-refractivity contribution in [2.24, 2.45) is 0 Å². The SMILES string of the molecule is O=S(=O)(O)c1ccc2c(c1)ncn2Cl. The third-order valence-corrected chi connectivity index (χ3v) is 2.89. The highest BCUT2D eigenvalue weighted by Crippen LogP contribution is 2.18. The normalized spacial score (nSPS) is 12.1. The summed E-state index contributed by atoms with van der Waals surface area (Å²) in [7, 11) is -4.18. The minimum absolute atomic E-state index is 0.194. The maximum atomic E-state index is 10.8. The maximum absolute atomic E-state index is 10.8. The van der Waals surface area contributed by atoms with Crippen LogP contribution in [0.1, 0.15) is 0 Å².